The van der Waals surface area contributed by atoms with E-state index in [-0.39, 0.29) is 0 Å². The molecule has 0 radical (unpaired) electrons. The van der Waals surface area contributed by atoms with E-state index in [2.05, 4.69) is 22.4 Å². The number of nitrogens with one attached hydrogen (secondary N) is 1. The van der Waals surface area contributed by atoms with Crippen molar-refractivity contribution in [3.05, 3.63) is 29.6 Å². The summed E-state index contributed by atoms with van der Waals surface area (Å²) in [5, 5.41) is 7.17. The molecule has 0 amide bonds. The van der Waals surface area contributed by atoms with Crippen molar-refractivity contribution >= 4 is 0 Å². The van der Waals surface area contributed by atoms with Crippen LogP contribution < -0.4 is 10.1 Å². The molecule has 1 atom stereocenters. The maximum absolute atomic E-state index is 5.59. The molecule has 0 aliphatic heterocycles. The zero-order valence-corrected chi connectivity index (χ0v) is 12.4. The predicted molar refractivity (Wildman–Crippen MR) is 77.9 cm³/mol. The smallest absolute Gasteiger partial charge is 0.258 e. The Hall–Kier alpha value is -1.88. The van der Waals surface area contributed by atoms with Gasteiger partial charge in [-0.05, 0) is 45.5 Å². The Kier molecular flexibility index (Phi) is 4.74. The lowest BCUT2D eigenvalue weighted by atomic mass is 10.1. The van der Waals surface area contributed by atoms with Crippen molar-refractivity contribution in [2.75, 3.05) is 13.7 Å². The van der Waals surface area contributed by atoms with Gasteiger partial charge in [0.2, 0.25) is 0 Å². The zero-order chi connectivity index (χ0) is 14.5. The van der Waals surface area contributed by atoms with E-state index in [0.717, 1.165) is 23.3 Å². The van der Waals surface area contributed by atoms with Crippen molar-refractivity contribution in [3.63, 3.8) is 0 Å². The van der Waals surface area contributed by atoms with Crippen molar-refractivity contribution in [1.29, 1.82) is 0 Å². The lowest BCUT2D eigenvalue weighted by Crippen LogP contribution is -2.24. The molecule has 20 heavy (non-hydrogen) atoms. The molecule has 0 bridgehead atoms. The van der Waals surface area contributed by atoms with Gasteiger partial charge in [-0.15, -0.1) is 0 Å². The van der Waals surface area contributed by atoms with Gasteiger partial charge >= 0.3 is 0 Å². The average Bonchev–Trinajstić information content (AvgIpc) is 2.90. The van der Waals surface area contributed by atoms with Gasteiger partial charge in [-0.2, -0.15) is 4.98 Å². The van der Waals surface area contributed by atoms with Gasteiger partial charge in [-0.1, -0.05) is 11.2 Å². The van der Waals surface area contributed by atoms with Gasteiger partial charge < -0.3 is 14.6 Å². The first-order chi connectivity index (χ1) is 9.63. The summed E-state index contributed by atoms with van der Waals surface area (Å²) in [4.78, 5) is 4.43. The van der Waals surface area contributed by atoms with E-state index >= 15 is 0 Å². The quantitative estimate of drug-likeness (QED) is 0.878. The fourth-order valence-electron chi connectivity index (χ4n) is 1.87. The Balaban J connectivity index is 2.21. The predicted octanol–water partition coefficient (Wildman–Crippen LogP) is 2.59. The molecule has 0 aliphatic carbocycles. The lowest BCUT2D eigenvalue weighted by molar-refractivity contribution is 0.338. The van der Waals surface area contributed by atoms with Crippen molar-refractivity contribution in [3.8, 4) is 17.2 Å². The summed E-state index contributed by atoms with van der Waals surface area (Å²) < 4.78 is 10.9. The molecule has 0 aliphatic rings. The highest BCUT2D eigenvalue weighted by molar-refractivity contribution is 5.57. The van der Waals surface area contributed by atoms with E-state index in [0.29, 0.717) is 24.4 Å². The molecular formula is C15H21N3O2. The summed E-state index contributed by atoms with van der Waals surface area (Å²) in [6.07, 6.45) is 0.740. The summed E-state index contributed by atoms with van der Waals surface area (Å²) in [6, 6.07) is 6.23. The van der Waals surface area contributed by atoms with Gasteiger partial charge in [0.1, 0.15) is 5.75 Å². The van der Waals surface area contributed by atoms with Crippen LogP contribution in [0, 0.1) is 6.92 Å². The Bertz CT molecular complexity index is 566. The maximum Gasteiger partial charge on any atom is 0.258 e. The molecule has 0 saturated heterocycles. The number of benzene rings is 1. The number of ether oxygens (including phenoxy) is 1. The first kappa shape index (κ1) is 14.5. The zero-order valence-electron chi connectivity index (χ0n) is 12.4. The minimum Gasteiger partial charge on any atom is -0.494 e. The van der Waals surface area contributed by atoms with E-state index < -0.39 is 0 Å². The molecule has 5 heteroatoms. The van der Waals surface area contributed by atoms with Crippen LogP contribution in [0.1, 0.15) is 25.2 Å². The van der Waals surface area contributed by atoms with Crippen LogP contribution in [-0.4, -0.2) is 29.8 Å². The van der Waals surface area contributed by atoms with Crippen LogP contribution in [0.15, 0.2) is 22.7 Å². The van der Waals surface area contributed by atoms with E-state index in [1.165, 1.54) is 0 Å². The van der Waals surface area contributed by atoms with Gasteiger partial charge in [-0.3, -0.25) is 0 Å². The normalized spacial score (nSPS) is 12.4. The standard InChI is InChI=1S/C15H21N3O2/c1-5-19-13-9-12(7-6-10(13)2)15-17-14(18-20-15)8-11(3)16-4/h6-7,9,11,16H,5,8H2,1-4H3. The van der Waals surface area contributed by atoms with Gasteiger partial charge in [0.25, 0.3) is 5.89 Å². The fourth-order valence-corrected chi connectivity index (χ4v) is 1.87. The first-order valence-electron chi connectivity index (χ1n) is 6.87. The first-order valence-corrected chi connectivity index (χ1v) is 6.87. The second kappa shape index (κ2) is 6.52. The minimum atomic E-state index is 0.317. The van der Waals surface area contributed by atoms with Crippen LogP contribution in [0.2, 0.25) is 0 Å². The molecule has 1 unspecified atom stereocenters. The lowest BCUT2D eigenvalue weighted by Gasteiger charge is -2.07. The summed E-state index contributed by atoms with van der Waals surface area (Å²) in [5.41, 5.74) is 1.98. The third-order valence-corrected chi connectivity index (χ3v) is 3.18. The largest absolute Gasteiger partial charge is 0.494 e. The molecule has 1 N–H and O–H groups in total. The molecule has 5 nitrogen and oxygen atoms in total. The fraction of sp³-hybridized carbons (Fsp3) is 0.467. The van der Waals surface area contributed by atoms with Crippen LogP contribution in [0.4, 0.5) is 0 Å². The van der Waals surface area contributed by atoms with Gasteiger partial charge in [0.05, 0.1) is 6.61 Å². The van der Waals surface area contributed by atoms with E-state index in [1.807, 2.05) is 39.1 Å². The van der Waals surface area contributed by atoms with Crippen molar-refractivity contribution in [2.24, 2.45) is 0 Å². The Morgan fingerprint density at radius 3 is 2.90 bits per heavy atom. The van der Waals surface area contributed by atoms with Crippen LogP contribution >= 0.6 is 0 Å². The molecule has 0 fully saturated rings. The number of hydrogen-bond donors (Lipinski definition) is 1. The van der Waals surface area contributed by atoms with Gasteiger partial charge in [-0.25, -0.2) is 0 Å². The molecular weight excluding hydrogens is 254 g/mol. The van der Waals surface area contributed by atoms with Crippen molar-refractivity contribution in [2.45, 2.75) is 33.2 Å². The highest BCUT2D eigenvalue weighted by atomic mass is 16.5. The number of likely N-dealkylation sites (N-methyl/N-ethyl adjacent to an activating group) is 1. The molecule has 1 aromatic heterocycles. The third kappa shape index (κ3) is 3.36. The molecule has 1 heterocycles. The molecule has 2 aromatic rings. The topological polar surface area (TPSA) is 60.2 Å². The minimum absolute atomic E-state index is 0.317. The van der Waals surface area contributed by atoms with Crippen LogP contribution in [0.3, 0.4) is 0 Å². The van der Waals surface area contributed by atoms with E-state index in [9.17, 15) is 0 Å². The molecule has 0 spiro atoms. The number of rotatable bonds is 6. The highest BCUT2D eigenvalue weighted by Crippen LogP contribution is 2.26. The summed E-state index contributed by atoms with van der Waals surface area (Å²) in [6.45, 7) is 6.70. The second-order valence-corrected chi connectivity index (χ2v) is 4.82. The highest BCUT2D eigenvalue weighted by Gasteiger charge is 2.12. The van der Waals surface area contributed by atoms with Crippen LogP contribution in [0.5, 0.6) is 5.75 Å². The molecule has 1 aromatic carbocycles. The van der Waals surface area contributed by atoms with Gasteiger partial charge in [0, 0.05) is 18.0 Å². The number of aromatic nitrogens is 2. The SMILES string of the molecule is CCOc1cc(-c2nc(CC(C)NC)no2)ccc1C. The maximum atomic E-state index is 5.59. The van der Waals surface area contributed by atoms with Crippen molar-refractivity contribution < 1.29 is 9.26 Å². The second-order valence-electron chi connectivity index (χ2n) is 4.82. The Labute approximate surface area is 119 Å². The van der Waals surface area contributed by atoms with E-state index in [1.54, 1.807) is 0 Å². The Morgan fingerprint density at radius 1 is 1.40 bits per heavy atom. The van der Waals surface area contributed by atoms with E-state index in [4.69, 9.17) is 9.26 Å². The molecule has 2 rings (SSSR count). The summed E-state index contributed by atoms with van der Waals surface area (Å²) in [5.74, 6) is 2.10. The Morgan fingerprint density at radius 2 is 2.20 bits per heavy atom. The molecule has 108 valence electrons. The van der Waals surface area contributed by atoms with Crippen LogP contribution in [-0.2, 0) is 6.42 Å². The van der Waals surface area contributed by atoms with Crippen molar-refractivity contribution in [1.82, 2.24) is 15.5 Å². The number of aryl methyl sites for hydroxylation is 1. The third-order valence-electron chi connectivity index (χ3n) is 3.18. The summed E-state index contributed by atoms with van der Waals surface area (Å²) in [7, 11) is 1.92. The number of hydrogen-bond acceptors (Lipinski definition) is 5. The van der Waals surface area contributed by atoms with Crippen LogP contribution in [0.25, 0.3) is 11.5 Å². The number of nitrogens with zero attached hydrogens (tertiary/aromatic N) is 2. The summed E-state index contributed by atoms with van der Waals surface area (Å²) >= 11 is 0. The van der Waals surface area contributed by atoms with Gasteiger partial charge in [0.15, 0.2) is 5.82 Å². The monoisotopic (exact) mass is 275 g/mol. The average molecular weight is 275 g/mol. The molecule has 0 saturated carbocycles.